The Balaban J connectivity index is 0.000000252. The van der Waals surface area contributed by atoms with Crippen molar-refractivity contribution in [1.29, 1.82) is 0 Å². The Bertz CT molecular complexity index is 285. The Morgan fingerprint density at radius 3 is 1.92 bits per heavy atom. The minimum atomic E-state index is -3.67. The van der Waals surface area contributed by atoms with Gasteiger partial charge in [-0.15, -0.1) is 0 Å². The van der Waals surface area contributed by atoms with Crippen LogP contribution in [0.2, 0.25) is 0 Å². The molecule has 1 aliphatic heterocycles. The fraction of sp³-hybridized carbons (Fsp3) is 0.600. The molecule has 0 aliphatic carbocycles. The highest BCUT2D eigenvalue weighted by atomic mass is 32.2. The summed E-state index contributed by atoms with van der Waals surface area (Å²) >= 11 is 1.05. The second-order valence-corrected chi connectivity index (χ2v) is 4.63. The van der Waals surface area contributed by atoms with Crippen molar-refractivity contribution in [2.75, 3.05) is 19.1 Å². The van der Waals surface area contributed by atoms with Crippen LogP contribution in [0.3, 0.4) is 0 Å². The molecule has 1 saturated heterocycles. The molecule has 0 atom stereocenters. The standard InChI is InChI=1S/C4H5NO2S.CH4O3S/c1-5-3(6)2-8-4(5)7;1-5(2,3)4/h2H2,1H3;1H3,(H,2,3,4). The molecule has 2 amide bonds. The van der Waals surface area contributed by atoms with E-state index >= 15 is 0 Å². The van der Waals surface area contributed by atoms with E-state index in [-0.39, 0.29) is 11.1 Å². The Labute approximate surface area is 80.0 Å². The Morgan fingerprint density at radius 2 is 1.85 bits per heavy atom. The van der Waals surface area contributed by atoms with E-state index in [1.165, 1.54) is 7.05 Å². The highest BCUT2D eigenvalue weighted by Gasteiger charge is 2.25. The van der Waals surface area contributed by atoms with E-state index in [1.807, 2.05) is 0 Å². The average molecular weight is 227 g/mol. The van der Waals surface area contributed by atoms with Crippen molar-refractivity contribution in [2.45, 2.75) is 0 Å². The van der Waals surface area contributed by atoms with Gasteiger partial charge in [-0.25, -0.2) is 0 Å². The largest absolute Gasteiger partial charge is 0.288 e. The lowest BCUT2D eigenvalue weighted by Crippen LogP contribution is -2.22. The first-order valence-electron chi connectivity index (χ1n) is 3.07. The normalized spacial score (nSPS) is 17.0. The molecule has 1 N–H and O–H groups in total. The maximum atomic E-state index is 10.5. The van der Waals surface area contributed by atoms with Gasteiger partial charge in [-0.1, -0.05) is 11.8 Å². The van der Waals surface area contributed by atoms with E-state index < -0.39 is 10.1 Å². The van der Waals surface area contributed by atoms with Crippen LogP contribution in [0.25, 0.3) is 0 Å². The van der Waals surface area contributed by atoms with Crippen molar-refractivity contribution >= 4 is 33.0 Å². The summed E-state index contributed by atoms with van der Waals surface area (Å²) in [5, 5.41) is -0.144. The summed E-state index contributed by atoms with van der Waals surface area (Å²) in [6.07, 6.45) is 0.715. The SMILES string of the molecule is CN1C(=O)CSC1=O.CS(=O)(=O)O. The fourth-order valence-corrected chi connectivity index (χ4v) is 1.16. The van der Waals surface area contributed by atoms with Crippen LogP contribution in [0.4, 0.5) is 4.79 Å². The van der Waals surface area contributed by atoms with E-state index in [9.17, 15) is 18.0 Å². The number of amides is 2. The second kappa shape index (κ2) is 4.58. The zero-order valence-electron chi connectivity index (χ0n) is 7.05. The third-order valence-corrected chi connectivity index (χ3v) is 1.88. The minimum Gasteiger partial charge on any atom is -0.286 e. The van der Waals surface area contributed by atoms with Gasteiger partial charge in [0.15, 0.2) is 0 Å². The lowest BCUT2D eigenvalue weighted by atomic mass is 10.6. The van der Waals surface area contributed by atoms with Crippen LogP contribution in [0.5, 0.6) is 0 Å². The van der Waals surface area contributed by atoms with Gasteiger partial charge >= 0.3 is 0 Å². The monoisotopic (exact) mass is 227 g/mol. The van der Waals surface area contributed by atoms with Crippen molar-refractivity contribution in [3.63, 3.8) is 0 Å². The van der Waals surface area contributed by atoms with Gasteiger partial charge in [0.1, 0.15) is 0 Å². The quantitative estimate of drug-likeness (QED) is 0.577. The van der Waals surface area contributed by atoms with Gasteiger partial charge < -0.3 is 0 Å². The molecule has 0 aromatic rings. The second-order valence-electron chi connectivity index (χ2n) is 2.24. The number of imide groups is 1. The van der Waals surface area contributed by atoms with Crippen LogP contribution in [0.15, 0.2) is 0 Å². The molecule has 0 aromatic carbocycles. The fourth-order valence-electron chi connectivity index (χ4n) is 0.419. The zero-order chi connectivity index (χ0) is 10.6. The van der Waals surface area contributed by atoms with E-state index in [0.29, 0.717) is 12.0 Å². The molecule has 8 heteroatoms. The summed E-state index contributed by atoms with van der Waals surface area (Å²) in [6, 6.07) is 0. The first kappa shape index (κ1) is 12.4. The van der Waals surface area contributed by atoms with Crippen LogP contribution in [0.1, 0.15) is 0 Å². The molecule has 1 heterocycles. The van der Waals surface area contributed by atoms with Gasteiger partial charge in [-0.2, -0.15) is 8.42 Å². The van der Waals surface area contributed by atoms with E-state index in [2.05, 4.69) is 0 Å². The van der Waals surface area contributed by atoms with Gasteiger partial charge in [0.05, 0.1) is 12.0 Å². The lowest BCUT2D eigenvalue weighted by Gasteiger charge is -1.99. The molecular formula is C5H9NO5S2. The van der Waals surface area contributed by atoms with Crippen molar-refractivity contribution in [2.24, 2.45) is 0 Å². The molecule has 1 rings (SSSR count). The molecule has 1 aliphatic rings. The summed E-state index contributed by atoms with van der Waals surface area (Å²) < 4.78 is 25.9. The molecule has 76 valence electrons. The first-order valence-corrected chi connectivity index (χ1v) is 5.91. The Kier molecular flexibility index (Phi) is 4.37. The summed E-state index contributed by atoms with van der Waals surface area (Å²) in [7, 11) is -2.18. The number of hydrogen-bond acceptors (Lipinski definition) is 5. The van der Waals surface area contributed by atoms with Gasteiger partial charge in [0.2, 0.25) is 5.91 Å². The van der Waals surface area contributed by atoms with Crippen molar-refractivity contribution in [1.82, 2.24) is 4.90 Å². The van der Waals surface area contributed by atoms with E-state index in [0.717, 1.165) is 16.7 Å². The predicted octanol–water partition coefficient (Wildman–Crippen LogP) is -0.184. The molecule has 1 fully saturated rings. The minimum absolute atomic E-state index is 0.0972. The maximum absolute atomic E-state index is 10.5. The average Bonchev–Trinajstić information content (AvgIpc) is 2.16. The van der Waals surface area contributed by atoms with Crippen LogP contribution < -0.4 is 0 Å². The third kappa shape index (κ3) is 6.55. The number of rotatable bonds is 0. The number of carbonyl (C=O) groups excluding carboxylic acids is 2. The highest BCUT2D eigenvalue weighted by molar-refractivity contribution is 8.14. The Morgan fingerprint density at radius 1 is 1.46 bits per heavy atom. The summed E-state index contributed by atoms with van der Waals surface area (Å²) in [4.78, 5) is 22.1. The van der Waals surface area contributed by atoms with E-state index in [1.54, 1.807) is 0 Å². The number of thioether (sulfide) groups is 1. The molecule has 0 aromatic heterocycles. The molecule has 0 radical (unpaired) electrons. The molecule has 6 nitrogen and oxygen atoms in total. The molecule has 13 heavy (non-hydrogen) atoms. The molecule has 0 bridgehead atoms. The lowest BCUT2D eigenvalue weighted by molar-refractivity contribution is -0.123. The van der Waals surface area contributed by atoms with Crippen molar-refractivity contribution < 1.29 is 22.6 Å². The molecule has 0 saturated carbocycles. The maximum Gasteiger partial charge on any atom is 0.288 e. The smallest absolute Gasteiger partial charge is 0.286 e. The van der Waals surface area contributed by atoms with Crippen LogP contribution in [-0.2, 0) is 14.9 Å². The van der Waals surface area contributed by atoms with Gasteiger partial charge in [-0.3, -0.25) is 19.0 Å². The first-order chi connectivity index (χ1) is 5.72. The van der Waals surface area contributed by atoms with Crippen molar-refractivity contribution in [3.05, 3.63) is 0 Å². The van der Waals surface area contributed by atoms with Crippen molar-refractivity contribution in [3.8, 4) is 0 Å². The third-order valence-electron chi connectivity index (χ3n) is 0.967. The molecule has 0 unspecified atom stereocenters. The summed E-state index contributed by atoms with van der Waals surface area (Å²) in [6.45, 7) is 0. The molecular weight excluding hydrogens is 218 g/mol. The van der Waals surface area contributed by atoms with Gasteiger partial charge in [-0.05, 0) is 0 Å². The predicted molar refractivity (Wildman–Crippen MR) is 48.1 cm³/mol. The van der Waals surface area contributed by atoms with Crippen LogP contribution in [0, 0.1) is 0 Å². The van der Waals surface area contributed by atoms with Gasteiger partial charge in [0, 0.05) is 7.05 Å². The highest BCUT2D eigenvalue weighted by Crippen LogP contribution is 2.15. The number of carbonyl (C=O) groups is 2. The zero-order valence-corrected chi connectivity index (χ0v) is 8.68. The Hall–Kier alpha value is -0.600. The van der Waals surface area contributed by atoms with E-state index in [4.69, 9.17) is 4.55 Å². The summed E-state index contributed by atoms with van der Waals surface area (Å²) in [5.74, 6) is 0.218. The number of hydrogen-bond donors (Lipinski definition) is 1. The topological polar surface area (TPSA) is 91.8 Å². The molecule has 0 spiro atoms. The summed E-state index contributed by atoms with van der Waals surface area (Å²) in [5.41, 5.74) is 0. The van der Waals surface area contributed by atoms with Crippen LogP contribution in [-0.4, -0.2) is 48.1 Å². The van der Waals surface area contributed by atoms with Crippen LogP contribution >= 0.6 is 11.8 Å². The van der Waals surface area contributed by atoms with Gasteiger partial charge in [0.25, 0.3) is 15.4 Å². The number of nitrogens with zero attached hydrogens (tertiary/aromatic N) is 1.